The Kier molecular flexibility index (Phi) is 6.02. The molecule has 1 fully saturated rings. The molecule has 0 bridgehead atoms. The van der Waals surface area contributed by atoms with Gasteiger partial charge in [0.2, 0.25) is 0 Å². The monoisotopic (exact) mass is 276 g/mol. The lowest BCUT2D eigenvalue weighted by atomic mass is 9.97. The third-order valence-electron chi connectivity index (χ3n) is 4.03. The van der Waals surface area contributed by atoms with Gasteiger partial charge in [0.05, 0.1) is 6.61 Å². The van der Waals surface area contributed by atoms with Gasteiger partial charge in [0.15, 0.2) is 0 Å². The van der Waals surface area contributed by atoms with E-state index in [2.05, 4.69) is 36.2 Å². The van der Waals surface area contributed by atoms with Crippen molar-refractivity contribution in [1.82, 2.24) is 10.2 Å². The fourth-order valence-corrected chi connectivity index (χ4v) is 2.87. The molecule has 0 spiro atoms. The SMILES string of the molecule is CC(C)NCC1CCCN(Cc2ccc(CO)cc2)C1. The van der Waals surface area contributed by atoms with E-state index in [0.717, 1.165) is 24.6 Å². The molecule has 0 amide bonds. The van der Waals surface area contributed by atoms with Crippen LogP contribution in [-0.4, -0.2) is 35.7 Å². The van der Waals surface area contributed by atoms with Crippen LogP contribution in [0.25, 0.3) is 0 Å². The third kappa shape index (κ3) is 4.89. The van der Waals surface area contributed by atoms with Crippen LogP contribution < -0.4 is 5.32 Å². The van der Waals surface area contributed by atoms with Crippen molar-refractivity contribution in [2.45, 2.75) is 45.9 Å². The first kappa shape index (κ1) is 15.5. The van der Waals surface area contributed by atoms with E-state index in [1.54, 1.807) is 0 Å². The van der Waals surface area contributed by atoms with Gasteiger partial charge in [-0.2, -0.15) is 0 Å². The molecule has 3 heteroatoms. The molecule has 20 heavy (non-hydrogen) atoms. The van der Waals surface area contributed by atoms with E-state index < -0.39 is 0 Å². The summed E-state index contributed by atoms with van der Waals surface area (Å²) in [6.45, 7) is 9.13. The Bertz CT molecular complexity index is 388. The zero-order valence-corrected chi connectivity index (χ0v) is 12.8. The maximum Gasteiger partial charge on any atom is 0.0681 e. The zero-order chi connectivity index (χ0) is 14.4. The summed E-state index contributed by atoms with van der Waals surface area (Å²) in [5, 5.41) is 12.6. The summed E-state index contributed by atoms with van der Waals surface area (Å²) in [5.41, 5.74) is 2.34. The van der Waals surface area contributed by atoms with Crippen LogP contribution in [0.15, 0.2) is 24.3 Å². The Hall–Kier alpha value is -0.900. The lowest BCUT2D eigenvalue weighted by molar-refractivity contribution is 0.164. The molecule has 0 aromatic heterocycles. The van der Waals surface area contributed by atoms with E-state index in [1.165, 1.54) is 31.5 Å². The first-order valence-electron chi connectivity index (χ1n) is 7.82. The zero-order valence-electron chi connectivity index (χ0n) is 12.8. The molecule has 1 aromatic rings. The molecule has 1 atom stereocenters. The number of rotatable bonds is 6. The average Bonchev–Trinajstić information content (AvgIpc) is 2.46. The molecule has 0 saturated carbocycles. The molecule has 3 nitrogen and oxygen atoms in total. The number of nitrogens with one attached hydrogen (secondary N) is 1. The summed E-state index contributed by atoms with van der Waals surface area (Å²) in [6, 6.07) is 8.91. The first-order valence-corrected chi connectivity index (χ1v) is 7.82. The maximum atomic E-state index is 9.07. The number of piperidine rings is 1. The topological polar surface area (TPSA) is 35.5 Å². The minimum Gasteiger partial charge on any atom is -0.392 e. The number of aliphatic hydroxyl groups is 1. The predicted octanol–water partition coefficient (Wildman–Crippen LogP) is 2.39. The van der Waals surface area contributed by atoms with Gasteiger partial charge in [0, 0.05) is 19.1 Å². The highest BCUT2D eigenvalue weighted by Crippen LogP contribution is 2.18. The normalized spacial score (nSPS) is 20.5. The number of likely N-dealkylation sites (tertiary alicyclic amines) is 1. The molecule has 2 rings (SSSR count). The first-order chi connectivity index (χ1) is 9.67. The third-order valence-corrected chi connectivity index (χ3v) is 4.03. The van der Waals surface area contributed by atoms with Gasteiger partial charge in [0.25, 0.3) is 0 Å². The Balaban J connectivity index is 1.82. The molecule has 1 aliphatic rings. The van der Waals surface area contributed by atoms with Gasteiger partial charge in [-0.1, -0.05) is 38.1 Å². The van der Waals surface area contributed by atoms with Crippen molar-refractivity contribution in [1.29, 1.82) is 0 Å². The summed E-state index contributed by atoms with van der Waals surface area (Å²) in [5.74, 6) is 0.780. The van der Waals surface area contributed by atoms with Crippen molar-refractivity contribution in [3.8, 4) is 0 Å². The van der Waals surface area contributed by atoms with Gasteiger partial charge in [-0.05, 0) is 43.0 Å². The Labute approximate surface area is 123 Å². The molecule has 1 aromatic carbocycles. The summed E-state index contributed by atoms with van der Waals surface area (Å²) < 4.78 is 0. The second-order valence-corrected chi connectivity index (χ2v) is 6.28. The number of hydrogen-bond acceptors (Lipinski definition) is 3. The average molecular weight is 276 g/mol. The predicted molar refractivity (Wildman–Crippen MR) is 83.5 cm³/mol. The van der Waals surface area contributed by atoms with Gasteiger partial charge in [-0.3, -0.25) is 4.90 Å². The van der Waals surface area contributed by atoms with Crippen molar-refractivity contribution in [3.05, 3.63) is 35.4 Å². The Morgan fingerprint density at radius 2 is 1.95 bits per heavy atom. The molecule has 0 radical (unpaired) electrons. The standard InChI is InChI=1S/C17H28N2O/c1-14(2)18-10-17-4-3-9-19(12-17)11-15-5-7-16(13-20)8-6-15/h5-8,14,17-18,20H,3-4,9-13H2,1-2H3. The fourth-order valence-electron chi connectivity index (χ4n) is 2.87. The quantitative estimate of drug-likeness (QED) is 0.837. The van der Waals surface area contributed by atoms with Crippen LogP contribution in [0.1, 0.15) is 37.8 Å². The van der Waals surface area contributed by atoms with Crippen LogP contribution in [0, 0.1) is 5.92 Å². The van der Waals surface area contributed by atoms with E-state index >= 15 is 0 Å². The highest BCUT2D eigenvalue weighted by atomic mass is 16.3. The van der Waals surface area contributed by atoms with Gasteiger partial charge < -0.3 is 10.4 Å². The molecule has 112 valence electrons. The molecule has 0 aliphatic carbocycles. The van der Waals surface area contributed by atoms with Gasteiger partial charge in [-0.15, -0.1) is 0 Å². The molecule has 1 unspecified atom stereocenters. The number of benzene rings is 1. The number of aliphatic hydroxyl groups excluding tert-OH is 1. The summed E-state index contributed by atoms with van der Waals surface area (Å²) in [6.07, 6.45) is 2.65. The van der Waals surface area contributed by atoms with Crippen LogP contribution in [0.2, 0.25) is 0 Å². The second-order valence-electron chi connectivity index (χ2n) is 6.28. The number of hydrogen-bond donors (Lipinski definition) is 2. The minimum atomic E-state index is 0.132. The van der Waals surface area contributed by atoms with Crippen molar-refractivity contribution in [3.63, 3.8) is 0 Å². The van der Waals surface area contributed by atoms with E-state index in [1.807, 2.05) is 12.1 Å². The van der Waals surface area contributed by atoms with Crippen molar-refractivity contribution in [2.24, 2.45) is 5.92 Å². The lowest BCUT2D eigenvalue weighted by Gasteiger charge is -2.33. The van der Waals surface area contributed by atoms with Crippen LogP contribution in [-0.2, 0) is 13.2 Å². The smallest absolute Gasteiger partial charge is 0.0681 e. The molecular formula is C17H28N2O. The summed E-state index contributed by atoms with van der Waals surface area (Å²) in [7, 11) is 0. The molecule has 1 saturated heterocycles. The van der Waals surface area contributed by atoms with Crippen molar-refractivity contribution >= 4 is 0 Å². The van der Waals surface area contributed by atoms with Crippen molar-refractivity contribution < 1.29 is 5.11 Å². The van der Waals surface area contributed by atoms with E-state index in [4.69, 9.17) is 5.11 Å². The Morgan fingerprint density at radius 1 is 1.25 bits per heavy atom. The number of nitrogens with zero attached hydrogens (tertiary/aromatic N) is 1. The lowest BCUT2D eigenvalue weighted by Crippen LogP contribution is -2.40. The molecular weight excluding hydrogens is 248 g/mol. The van der Waals surface area contributed by atoms with Gasteiger partial charge in [0.1, 0.15) is 0 Å². The van der Waals surface area contributed by atoms with Crippen LogP contribution >= 0.6 is 0 Å². The Morgan fingerprint density at radius 3 is 2.60 bits per heavy atom. The second kappa shape index (κ2) is 7.77. The van der Waals surface area contributed by atoms with Gasteiger partial charge in [-0.25, -0.2) is 0 Å². The summed E-state index contributed by atoms with van der Waals surface area (Å²) >= 11 is 0. The molecule has 1 aliphatic heterocycles. The molecule has 2 N–H and O–H groups in total. The highest BCUT2D eigenvalue weighted by molar-refractivity contribution is 5.21. The largest absolute Gasteiger partial charge is 0.392 e. The fraction of sp³-hybridized carbons (Fsp3) is 0.647. The van der Waals surface area contributed by atoms with Crippen LogP contribution in [0.4, 0.5) is 0 Å². The minimum absolute atomic E-state index is 0.132. The van der Waals surface area contributed by atoms with Crippen LogP contribution in [0.3, 0.4) is 0 Å². The van der Waals surface area contributed by atoms with E-state index in [9.17, 15) is 0 Å². The van der Waals surface area contributed by atoms with Crippen LogP contribution in [0.5, 0.6) is 0 Å². The van der Waals surface area contributed by atoms with Gasteiger partial charge >= 0.3 is 0 Å². The maximum absolute atomic E-state index is 9.07. The van der Waals surface area contributed by atoms with E-state index in [-0.39, 0.29) is 6.61 Å². The highest BCUT2D eigenvalue weighted by Gasteiger charge is 2.19. The summed E-state index contributed by atoms with van der Waals surface area (Å²) in [4.78, 5) is 2.56. The van der Waals surface area contributed by atoms with Crippen molar-refractivity contribution in [2.75, 3.05) is 19.6 Å². The molecule has 1 heterocycles. The van der Waals surface area contributed by atoms with E-state index in [0.29, 0.717) is 6.04 Å².